The van der Waals surface area contributed by atoms with Crippen LogP contribution in [-0.2, 0) is 22.3 Å². The van der Waals surface area contributed by atoms with E-state index in [0.717, 1.165) is 17.7 Å². The average Bonchev–Trinajstić information content (AvgIpc) is 2.72. The number of halogens is 3. The number of aromatic nitrogens is 1. The van der Waals surface area contributed by atoms with Crippen LogP contribution >= 0.6 is 0 Å². The number of nitrogens with zero attached hydrogens (tertiary/aromatic N) is 2. The maximum absolute atomic E-state index is 12.8. The van der Waals surface area contributed by atoms with Gasteiger partial charge in [-0.2, -0.15) is 18.4 Å². The number of carboxylic acids is 2. The molecule has 0 saturated carbocycles. The summed E-state index contributed by atoms with van der Waals surface area (Å²) in [6.45, 7) is 0.474. The molecular weight excluding hydrogens is 435 g/mol. The fourth-order valence-electron chi connectivity index (χ4n) is 2.21. The first-order chi connectivity index (χ1) is 15.0. The quantitative estimate of drug-likeness (QED) is 0.539. The van der Waals surface area contributed by atoms with Crippen LogP contribution in [0.3, 0.4) is 0 Å². The van der Waals surface area contributed by atoms with Gasteiger partial charge in [0.2, 0.25) is 5.88 Å². The molecule has 0 bridgehead atoms. The SMILES string of the molecule is CNCc1cccc(Oc2nc(C(F)(F)F)ccc2C#N)c1OC.O=C(O)/C=C/C(=O)O. The lowest BCUT2D eigenvalue weighted by Crippen LogP contribution is -2.10. The fourth-order valence-corrected chi connectivity index (χ4v) is 2.21. The van der Waals surface area contributed by atoms with Crippen LogP contribution < -0.4 is 14.8 Å². The van der Waals surface area contributed by atoms with Crippen LogP contribution in [0.5, 0.6) is 17.4 Å². The van der Waals surface area contributed by atoms with E-state index < -0.39 is 29.7 Å². The number of rotatable bonds is 7. The lowest BCUT2D eigenvalue weighted by atomic mass is 10.2. The smallest absolute Gasteiger partial charge is 0.433 e. The normalized spacial score (nSPS) is 10.6. The van der Waals surface area contributed by atoms with Gasteiger partial charge in [0.15, 0.2) is 11.5 Å². The highest BCUT2D eigenvalue weighted by Crippen LogP contribution is 2.36. The molecule has 0 fully saturated rings. The van der Waals surface area contributed by atoms with Crippen molar-refractivity contribution in [3.05, 3.63) is 59.3 Å². The molecule has 0 aliphatic rings. The Morgan fingerprint density at radius 3 is 2.28 bits per heavy atom. The number of ether oxygens (including phenoxy) is 2. The molecule has 1 aromatic heterocycles. The van der Waals surface area contributed by atoms with Crippen molar-refractivity contribution < 1.29 is 42.4 Å². The third-order valence-corrected chi connectivity index (χ3v) is 3.48. The van der Waals surface area contributed by atoms with E-state index in [1.54, 1.807) is 25.2 Å². The highest BCUT2D eigenvalue weighted by Gasteiger charge is 2.33. The van der Waals surface area contributed by atoms with Gasteiger partial charge < -0.3 is 25.0 Å². The zero-order chi connectivity index (χ0) is 24.3. The van der Waals surface area contributed by atoms with Gasteiger partial charge in [0, 0.05) is 24.3 Å². The molecule has 0 atom stereocenters. The first-order valence-corrected chi connectivity index (χ1v) is 8.64. The molecule has 2 aromatic rings. The van der Waals surface area contributed by atoms with Crippen molar-refractivity contribution in [1.29, 1.82) is 5.26 Å². The maximum atomic E-state index is 12.8. The van der Waals surface area contributed by atoms with Crippen molar-refractivity contribution in [1.82, 2.24) is 10.3 Å². The number of para-hydroxylation sites is 1. The molecule has 0 aliphatic heterocycles. The zero-order valence-electron chi connectivity index (χ0n) is 16.8. The molecule has 2 rings (SSSR count). The largest absolute Gasteiger partial charge is 0.492 e. The predicted molar refractivity (Wildman–Crippen MR) is 104 cm³/mol. The number of benzene rings is 1. The van der Waals surface area contributed by atoms with Gasteiger partial charge in [-0.1, -0.05) is 12.1 Å². The molecule has 0 aliphatic carbocycles. The van der Waals surface area contributed by atoms with Gasteiger partial charge in [-0.3, -0.25) is 0 Å². The number of hydrogen-bond acceptors (Lipinski definition) is 7. The Kier molecular flexibility index (Phi) is 9.66. The third kappa shape index (κ3) is 7.96. The standard InChI is InChI=1S/C16H14F3N3O2.C4H4O4/c1-21-9-11-4-3-5-12(14(11)23-2)24-15-10(8-20)6-7-13(22-15)16(17,18)19;5-3(6)1-2-4(7)8/h3-7,21H,9H2,1-2H3;1-2H,(H,5,6)(H,7,8)/b;2-1+. The second-order valence-electron chi connectivity index (χ2n) is 5.75. The molecule has 0 saturated heterocycles. The number of pyridine rings is 1. The van der Waals surface area contributed by atoms with Gasteiger partial charge >= 0.3 is 18.1 Å². The molecule has 3 N–H and O–H groups in total. The van der Waals surface area contributed by atoms with Gasteiger partial charge in [-0.05, 0) is 25.2 Å². The van der Waals surface area contributed by atoms with Crippen molar-refractivity contribution in [2.24, 2.45) is 0 Å². The van der Waals surface area contributed by atoms with E-state index in [4.69, 9.17) is 24.9 Å². The van der Waals surface area contributed by atoms with E-state index in [-0.39, 0.29) is 11.3 Å². The molecule has 0 amide bonds. The predicted octanol–water partition coefficient (Wildman–Crippen LogP) is 3.20. The Morgan fingerprint density at radius 1 is 1.19 bits per heavy atom. The van der Waals surface area contributed by atoms with Crippen LogP contribution in [0.1, 0.15) is 16.8 Å². The lowest BCUT2D eigenvalue weighted by Gasteiger charge is -2.15. The first-order valence-electron chi connectivity index (χ1n) is 8.64. The monoisotopic (exact) mass is 453 g/mol. The maximum Gasteiger partial charge on any atom is 0.433 e. The number of carboxylic acid groups (broad SMARTS) is 2. The van der Waals surface area contributed by atoms with Gasteiger partial charge in [0.05, 0.1) is 7.11 Å². The molecule has 0 unspecified atom stereocenters. The Morgan fingerprint density at radius 2 is 1.81 bits per heavy atom. The zero-order valence-corrected chi connectivity index (χ0v) is 16.8. The van der Waals surface area contributed by atoms with Crippen molar-refractivity contribution in [3.63, 3.8) is 0 Å². The Balaban J connectivity index is 0.000000547. The highest BCUT2D eigenvalue weighted by atomic mass is 19.4. The summed E-state index contributed by atoms with van der Waals surface area (Å²) in [5, 5.41) is 27.6. The summed E-state index contributed by atoms with van der Waals surface area (Å²) in [5.41, 5.74) is -0.492. The molecule has 12 heteroatoms. The number of hydrogen-bond donors (Lipinski definition) is 3. The van der Waals surface area contributed by atoms with E-state index in [2.05, 4.69) is 10.3 Å². The molecule has 0 spiro atoms. The number of nitrogens with one attached hydrogen (secondary N) is 1. The van der Waals surface area contributed by atoms with Crippen LogP contribution in [-0.4, -0.2) is 41.3 Å². The van der Waals surface area contributed by atoms with Crippen LogP contribution in [0, 0.1) is 11.3 Å². The van der Waals surface area contributed by atoms with Crippen LogP contribution in [0.25, 0.3) is 0 Å². The summed E-state index contributed by atoms with van der Waals surface area (Å²) in [6.07, 6.45) is -3.52. The summed E-state index contributed by atoms with van der Waals surface area (Å²) >= 11 is 0. The van der Waals surface area contributed by atoms with Crippen molar-refractivity contribution in [2.75, 3.05) is 14.2 Å². The number of aliphatic carboxylic acids is 2. The Bertz CT molecular complexity index is 1020. The fraction of sp³-hybridized carbons (Fsp3) is 0.200. The van der Waals surface area contributed by atoms with Gasteiger partial charge in [-0.25, -0.2) is 14.6 Å². The lowest BCUT2D eigenvalue weighted by molar-refractivity contribution is -0.141. The van der Waals surface area contributed by atoms with E-state index in [9.17, 15) is 22.8 Å². The Hall–Kier alpha value is -4.11. The van der Waals surface area contributed by atoms with E-state index in [0.29, 0.717) is 24.4 Å². The molecule has 32 heavy (non-hydrogen) atoms. The van der Waals surface area contributed by atoms with E-state index >= 15 is 0 Å². The van der Waals surface area contributed by atoms with Gasteiger partial charge in [0.25, 0.3) is 0 Å². The summed E-state index contributed by atoms with van der Waals surface area (Å²) in [6, 6.07) is 8.51. The molecular formula is C20H18F3N3O6. The molecule has 1 aromatic carbocycles. The van der Waals surface area contributed by atoms with Gasteiger partial charge in [0.1, 0.15) is 17.3 Å². The molecule has 9 nitrogen and oxygen atoms in total. The Labute approximate surface area is 180 Å². The first kappa shape index (κ1) is 25.9. The second-order valence-corrected chi connectivity index (χ2v) is 5.75. The summed E-state index contributed by atoms with van der Waals surface area (Å²) in [5.74, 6) is -2.41. The molecule has 0 radical (unpaired) electrons. The van der Waals surface area contributed by atoms with Crippen LogP contribution in [0.2, 0.25) is 0 Å². The topological polar surface area (TPSA) is 142 Å². The minimum atomic E-state index is -4.63. The number of methoxy groups -OCH3 is 1. The van der Waals surface area contributed by atoms with Crippen LogP contribution in [0.4, 0.5) is 13.2 Å². The van der Waals surface area contributed by atoms with Crippen molar-refractivity contribution in [3.8, 4) is 23.4 Å². The summed E-state index contributed by atoms with van der Waals surface area (Å²) in [4.78, 5) is 22.5. The van der Waals surface area contributed by atoms with Crippen molar-refractivity contribution in [2.45, 2.75) is 12.7 Å². The average molecular weight is 453 g/mol. The molecule has 170 valence electrons. The number of alkyl halides is 3. The van der Waals surface area contributed by atoms with Gasteiger partial charge in [-0.15, -0.1) is 0 Å². The third-order valence-electron chi connectivity index (χ3n) is 3.48. The summed E-state index contributed by atoms with van der Waals surface area (Å²) < 4.78 is 49.2. The van der Waals surface area contributed by atoms with E-state index in [1.807, 2.05) is 0 Å². The minimum absolute atomic E-state index is 0.107. The van der Waals surface area contributed by atoms with E-state index in [1.165, 1.54) is 13.2 Å². The summed E-state index contributed by atoms with van der Waals surface area (Å²) in [7, 11) is 3.17. The van der Waals surface area contributed by atoms with Crippen molar-refractivity contribution >= 4 is 11.9 Å². The second kappa shape index (κ2) is 11.9. The number of carbonyl (C=O) groups is 2. The molecule has 1 heterocycles. The minimum Gasteiger partial charge on any atom is -0.492 e. The van der Waals surface area contributed by atoms with Crippen LogP contribution in [0.15, 0.2) is 42.5 Å². The highest BCUT2D eigenvalue weighted by molar-refractivity contribution is 5.89. The number of nitriles is 1.